The Morgan fingerprint density at radius 3 is 2.55 bits per heavy atom. The Labute approximate surface area is 457 Å². The molecule has 78 heavy (non-hydrogen) atoms. The van der Waals surface area contributed by atoms with Crippen molar-refractivity contribution in [2.24, 2.45) is 58.5 Å². The number of aromatic hydroxyl groups is 1. The van der Waals surface area contributed by atoms with E-state index in [9.17, 15) is 35.4 Å². The van der Waals surface area contributed by atoms with E-state index in [1.54, 1.807) is 12.1 Å². The number of allylic oxidation sites excluding steroid dienone is 2. The van der Waals surface area contributed by atoms with Gasteiger partial charge >= 0.3 is 0 Å². The lowest BCUT2D eigenvalue weighted by atomic mass is 9.41. The van der Waals surface area contributed by atoms with Gasteiger partial charge in [-0.15, -0.1) is 0 Å². The Hall–Kier alpha value is -5.50. The number of nitrogens with one attached hydrogen (secondary N) is 4. The average Bonchev–Trinajstić information content (AvgIpc) is 3.88. The number of aryl methyl sites for hydroxylation is 2. The highest BCUT2D eigenvalue weighted by atomic mass is 16.5. The second-order valence-electron chi connectivity index (χ2n) is 24.6. The summed E-state index contributed by atoms with van der Waals surface area (Å²) < 4.78 is 5.58. The van der Waals surface area contributed by atoms with Gasteiger partial charge in [0.05, 0.1) is 31.2 Å². The van der Waals surface area contributed by atoms with Crippen molar-refractivity contribution in [2.45, 2.75) is 138 Å². The molecule has 12 N–H and O–H groups in total. The molecule has 4 fully saturated rings. The Morgan fingerprint density at radius 2 is 1.77 bits per heavy atom. The molecule has 17 unspecified atom stereocenters. The lowest BCUT2D eigenvalue weighted by Gasteiger charge is -2.65. The molecule has 17 atom stereocenters. The molecule has 0 radical (unpaired) electrons. The highest BCUT2D eigenvalue weighted by Gasteiger charge is 2.65. The van der Waals surface area contributed by atoms with E-state index in [0.29, 0.717) is 67.7 Å². The summed E-state index contributed by atoms with van der Waals surface area (Å²) in [5.74, 6) is 8.20. The zero-order valence-corrected chi connectivity index (χ0v) is 45.0. The van der Waals surface area contributed by atoms with Crippen LogP contribution in [0, 0.1) is 64.6 Å². The van der Waals surface area contributed by atoms with Crippen LogP contribution in [0.15, 0.2) is 84.3 Å². The van der Waals surface area contributed by atoms with Crippen LogP contribution in [-0.2, 0) is 22.4 Å². The number of dihydropyridines is 1. The van der Waals surface area contributed by atoms with Crippen LogP contribution in [0.4, 0.5) is 0 Å². The highest BCUT2D eigenvalue weighted by molar-refractivity contribution is 5.89. The van der Waals surface area contributed by atoms with E-state index in [0.717, 1.165) is 59.9 Å². The van der Waals surface area contributed by atoms with E-state index >= 15 is 4.79 Å². The van der Waals surface area contributed by atoms with Crippen molar-refractivity contribution < 1.29 is 45.0 Å². The van der Waals surface area contributed by atoms with Crippen molar-refractivity contribution in [3.63, 3.8) is 0 Å². The minimum Gasteiger partial charge on any atom is -0.504 e. The molecule has 14 nitrogen and oxygen atoms in total. The molecule has 3 saturated carbocycles. The van der Waals surface area contributed by atoms with E-state index < -0.39 is 35.9 Å². The second kappa shape index (κ2) is 21.5. The van der Waals surface area contributed by atoms with Gasteiger partial charge in [-0.05, 0) is 188 Å². The Bertz CT molecular complexity index is 3060. The first kappa shape index (κ1) is 53.2. The summed E-state index contributed by atoms with van der Waals surface area (Å²) in [6.07, 6.45) is 6.11. The number of aromatic nitrogens is 1. The van der Waals surface area contributed by atoms with Crippen LogP contribution >= 0.6 is 0 Å². The van der Waals surface area contributed by atoms with Crippen LogP contribution in [0.1, 0.15) is 128 Å². The summed E-state index contributed by atoms with van der Waals surface area (Å²) >= 11 is 0. The first-order valence-electron chi connectivity index (χ1n) is 29.2. The number of carbonyl (C=O) groups is 2. The number of Topliss-reactive ketones (excluding diaryl/α,β-unsaturated/α-hetero) is 2. The SMILES string of the molecule is CCNCC1C2c3[nH]cc4c3C3C(CC4)C(=O)CC4NCC(C(CCC(O)O)C1C1CCC5(C#CC(CC(O)C(O)CC(C6=CCNC(N)=C6)c6ccc7ccccc7c6)c6cc(O)c(OC)cc6CCC5=O)C(O)C1)C2C43. The van der Waals surface area contributed by atoms with Crippen LogP contribution in [0.5, 0.6) is 11.5 Å². The predicted octanol–water partition coefficient (Wildman–Crippen LogP) is 6.05. The van der Waals surface area contributed by atoms with Gasteiger partial charge in [0.25, 0.3) is 0 Å². The summed E-state index contributed by atoms with van der Waals surface area (Å²) in [7, 11) is 1.48. The monoisotopic (exact) mass is 1060 g/mol. The van der Waals surface area contributed by atoms with Gasteiger partial charge in [-0.2, -0.15) is 0 Å². The molecule has 3 heterocycles. The maximum Gasteiger partial charge on any atom is 0.160 e. The fourth-order valence-electron chi connectivity index (χ4n) is 17.4. The number of rotatable bonds is 15. The Balaban J connectivity index is 0.872. The minimum atomic E-state index is -1.46. The third kappa shape index (κ3) is 9.29. The normalized spacial score (nSPS) is 33.9. The second-order valence-corrected chi connectivity index (χ2v) is 24.6. The van der Waals surface area contributed by atoms with Gasteiger partial charge in [0, 0.05) is 66.9 Å². The number of H-pyrrole nitrogens is 1. The summed E-state index contributed by atoms with van der Waals surface area (Å²) in [6, 6.07) is 17.8. The summed E-state index contributed by atoms with van der Waals surface area (Å²) in [5.41, 5.74) is 12.2. The molecular weight excluding hydrogens is 983 g/mol. The van der Waals surface area contributed by atoms with Gasteiger partial charge < -0.3 is 62.0 Å². The van der Waals surface area contributed by atoms with Crippen molar-refractivity contribution in [3.8, 4) is 23.3 Å². The molecule has 12 rings (SSSR count). The van der Waals surface area contributed by atoms with Crippen molar-refractivity contribution in [1.82, 2.24) is 20.9 Å². The van der Waals surface area contributed by atoms with Gasteiger partial charge in [0.2, 0.25) is 0 Å². The molecule has 1 aromatic heterocycles. The number of ketones is 2. The number of piperidine rings is 1. The number of hydrogen-bond acceptors (Lipinski definition) is 13. The maximum absolute atomic E-state index is 15.1. The average molecular weight is 1060 g/mol. The molecule has 1 saturated heterocycles. The van der Waals surface area contributed by atoms with Gasteiger partial charge in [0.15, 0.2) is 23.6 Å². The van der Waals surface area contributed by atoms with Crippen molar-refractivity contribution >= 4 is 22.3 Å². The topological polar surface area (TPSA) is 243 Å². The molecule has 0 amide bonds. The zero-order chi connectivity index (χ0) is 54.1. The molecule has 8 aliphatic rings. The number of benzene rings is 3. The lowest BCUT2D eigenvalue weighted by Crippen LogP contribution is -2.67. The fourth-order valence-corrected chi connectivity index (χ4v) is 17.4. The number of fused-ring (bicyclic) bond motifs is 3. The quantitative estimate of drug-likeness (QED) is 0.0481. The van der Waals surface area contributed by atoms with Gasteiger partial charge in [0.1, 0.15) is 11.2 Å². The summed E-state index contributed by atoms with van der Waals surface area (Å²) in [4.78, 5) is 32.8. The predicted molar refractivity (Wildman–Crippen MR) is 297 cm³/mol. The van der Waals surface area contributed by atoms with Crippen LogP contribution < -0.4 is 26.4 Å². The van der Waals surface area contributed by atoms with Crippen LogP contribution in [0.25, 0.3) is 10.8 Å². The molecular formula is C64H79N5O9. The minimum absolute atomic E-state index is 0.0104. The third-order valence-electron chi connectivity index (χ3n) is 20.8. The summed E-state index contributed by atoms with van der Waals surface area (Å²) in [6.45, 7) is 4.94. The largest absolute Gasteiger partial charge is 0.504 e. The number of methoxy groups -OCH3 is 1. The number of aliphatic hydroxyl groups is 5. The van der Waals surface area contributed by atoms with E-state index in [-0.39, 0.29) is 109 Å². The number of phenolic OH excluding ortho intramolecular Hbond substituents is 1. The molecule has 3 aromatic carbocycles. The fraction of sp³-hybridized carbons (Fsp3) is 0.562. The van der Waals surface area contributed by atoms with Gasteiger partial charge in [-0.1, -0.05) is 67.3 Å². The van der Waals surface area contributed by atoms with E-state index in [4.69, 9.17) is 10.5 Å². The van der Waals surface area contributed by atoms with E-state index in [1.165, 1.54) is 23.9 Å². The maximum atomic E-state index is 15.1. The van der Waals surface area contributed by atoms with Gasteiger partial charge in [-0.25, -0.2) is 0 Å². The number of ether oxygens (including phenoxy) is 1. The van der Waals surface area contributed by atoms with Crippen LogP contribution in [0.2, 0.25) is 0 Å². The molecule has 414 valence electrons. The molecule has 2 aliphatic heterocycles. The van der Waals surface area contributed by atoms with Crippen LogP contribution in [-0.4, -0.2) is 111 Å². The molecule has 6 aliphatic carbocycles. The standard InChI is InChI=1S/C64H79N5O9/c1-3-66-31-46-57(41(13-15-56(76)77)45-32-68-47-29-48(70)42-12-10-40-30-69-63-58(40)59(42)62(47)60(45)61(46)63)39-17-20-64(54(75)25-39)19-16-37(44-28-51(73)52(78-2)24-36(44)11-14-53(64)74)23-49(71)50(72)27-43(38-18-21-67-55(65)26-38)35-9-8-33-6-4-5-7-34(33)22-35/h4-9,18,22,24,26,28,30,37,39,41-43,45-47,49-50,54,56-57,59-62,66-69,71-73,75-77H,3,10-15,17,20-21,23,25,27,29,31-32,65H2,1-2H3. The number of carbonyl (C=O) groups excluding carboxylic acids is 2. The van der Waals surface area contributed by atoms with E-state index in [2.05, 4.69) is 82.3 Å². The van der Waals surface area contributed by atoms with Gasteiger partial charge in [-0.3, -0.25) is 9.59 Å². The Morgan fingerprint density at radius 1 is 0.936 bits per heavy atom. The number of nitrogens with two attached hydrogens (primary N) is 1. The number of hydrogen-bond donors (Lipinski definition) is 11. The summed E-state index contributed by atoms with van der Waals surface area (Å²) in [5, 5.41) is 82.6. The first-order chi connectivity index (χ1) is 37.8. The first-order valence-corrected chi connectivity index (χ1v) is 29.2. The number of aromatic amines is 1. The molecule has 14 heteroatoms. The zero-order valence-electron chi connectivity index (χ0n) is 45.0. The Kier molecular flexibility index (Phi) is 14.7. The van der Waals surface area contributed by atoms with Crippen molar-refractivity contribution in [2.75, 3.05) is 33.3 Å². The third-order valence-corrected chi connectivity index (χ3v) is 20.8. The number of phenols is 1. The van der Waals surface area contributed by atoms with Crippen molar-refractivity contribution in [3.05, 3.63) is 118 Å². The molecule has 4 aromatic rings. The highest BCUT2D eigenvalue weighted by Crippen LogP contribution is 2.68. The molecule has 1 spiro atoms. The lowest BCUT2D eigenvalue weighted by molar-refractivity contribution is -0.145. The molecule has 0 bridgehead atoms. The smallest absolute Gasteiger partial charge is 0.160 e. The van der Waals surface area contributed by atoms with Crippen molar-refractivity contribution in [1.29, 1.82) is 0 Å². The van der Waals surface area contributed by atoms with Crippen LogP contribution in [0.3, 0.4) is 0 Å². The van der Waals surface area contributed by atoms with E-state index in [1.807, 2.05) is 18.2 Å². The number of aliphatic hydroxyl groups excluding tert-OH is 4.